The van der Waals surface area contributed by atoms with Crippen molar-refractivity contribution < 1.29 is 4.52 Å². The molecule has 0 aliphatic carbocycles. The summed E-state index contributed by atoms with van der Waals surface area (Å²) in [4.78, 5) is 4.41. The third-order valence-electron chi connectivity index (χ3n) is 2.67. The first-order valence-electron chi connectivity index (χ1n) is 6.47. The molecular weight excluding hydrogens is 306 g/mol. The van der Waals surface area contributed by atoms with E-state index in [9.17, 15) is 0 Å². The van der Waals surface area contributed by atoms with Crippen molar-refractivity contribution in [2.75, 3.05) is 6.54 Å². The van der Waals surface area contributed by atoms with Crippen LogP contribution in [0.25, 0.3) is 11.4 Å². The van der Waals surface area contributed by atoms with Gasteiger partial charge in [0.05, 0.1) is 0 Å². The van der Waals surface area contributed by atoms with Gasteiger partial charge in [0, 0.05) is 22.5 Å². The Morgan fingerprint density at radius 3 is 2.95 bits per heavy atom. The lowest BCUT2D eigenvalue weighted by Crippen LogP contribution is -2.23. The van der Waals surface area contributed by atoms with Crippen molar-refractivity contribution in [1.82, 2.24) is 15.5 Å². The van der Waals surface area contributed by atoms with Crippen LogP contribution in [0.1, 0.15) is 26.2 Å². The van der Waals surface area contributed by atoms with Crippen molar-refractivity contribution >= 4 is 15.9 Å². The molecule has 19 heavy (non-hydrogen) atoms. The summed E-state index contributed by atoms with van der Waals surface area (Å²) in [5.74, 6) is 1.34. The predicted octanol–water partition coefficient (Wildman–Crippen LogP) is 3.43. The van der Waals surface area contributed by atoms with Crippen LogP contribution in [0, 0.1) is 0 Å². The van der Waals surface area contributed by atoms with Crippen molar-refractivity contribution in [3.05, 3.63) is 34.6 Å². The molecule has 4 nitrogen and oxygen atoms in total. The number of aryl methyl sites for hydroxylation is 1. The summed E-state index contributed by atoms with van der Waals surface area (Å²) in [7, 11) is 0. The molecule has 0 radical (unpaired) electrons. The van der Waals surface area contributed by atoms with Crippen LogP contribution in [0.15, 0.2) is 33.3 Å². The highest BCUT2D eigenvalue weighted by Crippen LogP contribution is 2.20. The lowest BCUT2D eigenvalue weighted by molar-refractivity contribution is 0.374. The van der Waals surface area contributed by atoms with Gasteiger partial charge in [-0.2, -0.15) is 4.98 Å². The van der Waals surface area contributed by atoms with Crippen molar-refractivity contribution in [1.29, 1.82) is 0 Å². The maximum atomic E-state index is 5.26. The number of rotatable bonds is 6. The molecule has 0 aliphatic rings. The minimum Gasteiger partial charge on any atom is -0.339 e. The third-order valence-corrected chi connectivity index (χ3v) is 3.16. The van der Waals surface area contributed by atoms with Crippen LogP contribution in [0.5, 0.6) is 0 Å². The first-order valence-corrected chi connectivity index (χ1v) is 7.26. The van der Waals surface area contributed by atoms with Gasteiger partial charge in [-0.1, -0.05) is 47.1 Å². The first-order chi connectivity index (χ1) is 9.15. The molecule has 1 aromatic carbocycles. The van der Waals surface area contributed by atoms with E-state index in [1.54, 1.807) is 0 Å². The molecule has 0 saturated carbocycles. The molecule has 0 spiro atoms. The second kappa shape index (κ2) is 6.82. The molecular formula is C14H18BrN3O. The molecule has 1 aromatic heterocycles. The number of nitrogens with zero attached hydrogens (tertiary/aromatic N) is 2. The normalized spacial score (nSPS) is 11.2. The molecule has 2 rings (SSSR count). The van der Waals surface area contributed by atoms with Gasteiger partial charge >= 0.3 is 0 Å². The summed E-state index contributed by atoms with van der Waals surface area (Å²) in [6, 6.07) is 8.40. The average molecular weight is 324 g/mol. The van der Waals surface area contributed by atoms with Gasteiger partial charge in [-0.05, 0) is 25.1 Å². The van der Waals surface area contributed by atoms with Gasteiger partial charge in [-0.25, -0.2) is 0 Å². The van der Waals surface area contributed by atoms with E-state index in [1.807, 2.05) is 24.3 Å². The molecule has 0 atom stereocenters. The molecule has 0 fully saturated rings. The summed E-state index contributed by atoms with van der Waals surface area (Å²) in [6.07, 6.45) is 1.80. The van der Waals surface area contributed by atoms with E-state index in [-0.39, 0.29) is 0 Å². The van der Waals surface area contributed by atoms with Crippen LogP contribution in [-0.2, 0) is 6.42 Å². The second-order valence-electron chi connectivity index (χ2n) is 4.73. The first kappa shape index (κ1) is 14.2. The van der Waals surface area contributed by atoms with Crippen LogP contribution in [0.4, 0.5) is 0 Å². The highest BCUT2D eigenvalue weighted by Gasteiger charge is 2.08. The van der Waals surface area contributed by atoms with E-state index in [0.29, 0.717) is 17.8 Å². The SMILES string of the molecule is CC(C)NCCCc1nc(-c2cccc(Br)c2)no1. The number of benzene rings is 1. The largest absolute Gasteiger partial charge is 0.339 e. The molecule has 0 aliphatic heterocycles. The number of hydrogen-bond acceptors (Lipinski definition) is 4. The van der Waals surface area contributed by atoms with Crippen LogP contribution >= 0.6 is 15.9 Å². The Morgan fingerprint density at radius 2 is 2.21 bits per heavy atom. The Kier molecular flexibility index (Phi) is 5.10. The number of halogens is 1. The second-order valence-corrected chi connectivity index (χ2v) is 5.65. The molecule has 2 aromatic rings. The Balaban J connectivity index is 1.92. The van der Waals surface area contributed by atoms with Gasteiger partial charge in [0.1, 0.15) is 0 Å². The fraction of sp³-hybridized carbons (Fsp3) is 0.429. The number of hydrogen-bond donors (Lipinski definition) is 1. The quantitative estimate of drug-likeness (QED) is 0.827. The zero-order chi connectivity index (χ0) is 13.7. The van der Waals surface area contributed by atoms with Crippen LogP contribution in [0.3, 0.4) is 0 Å². The van der Waals surface area contributed by atoms with Crippen molar-refractivity contribution in [3.63, 3.8) is 0 Å². The number of aromatic nitrogens is 2. The highest BCUT2D eigenvalue weighted by atomic mass is 79.9. The van der Waals surface area contributed by atoms with Crippen LogP contribution in [0.2, 0.25) is 0 Å². The average Bonchev–Trinajstić information content (AvgIpc) is 2.83. The van der Waals surface area contributed by atoms with E-state index < -0.39 is 0 Å². The fourth-order valence-corrected chi connectivity index (χ4v) is 2.13. The molecule has 1 N–H and O–H groups in total. The van der Waals surface area contributed by atoms with Crippen LogP contribution in [-0.4, -0.2) is 22.7 Å². The molecule has 0 amide bonds. The highest BCUT2D eigenvalue weighted by molar-refractivity contribution is 9.10. The van der Waals surface area contributed by atoms with Gasteiger partial charge in [0.25, 0.3) is 0 Å². The Hall–Kier alpha value is -1.20. The summed E-state index contributed by atoms with van der Waals surface area (Å²) >= 11 is 3.44. The zero-order valence-electron chi connectivity index (χ0n) is 11.2. The molecule has 0 saturated heterocycles. The summed E-state index contributed by atoms with van der Waals surface area (Å²) in [5.41, 5.74) is 0.963. The zero-order valence-corrected chi connectivity index (χ0v) is 12.8. The number of nitrogens with one attached hydrogen (secondary N) is 1. The third kappa shape index (κ3) is 4.44. The van der Waals surface area contributed by atoms with E-state index in [1.165, 1.54) is 0 Å². The van der Waals surface area contributed by atoms with Crippen molar-refractivity contribution in [2.24, 2.45) is 0 Å². The summed E-state index contributed by atoms with van der Waals surface area (Å²) in [6.45, 7) is 5.24. The van der Waals surface area contributed by atoms with E-state index in [4.69, 9.17) is 4.52 Å². The lowest BCUT2D eigenvalue weighted by Gasteiger charge is -2.05. The lowest BCUT2D eigenvalue weighted by atomic mass is 10.2. The van der Waals surface area contributed by atoms with Crippen LogP contribution < -0.4 is 5.32 Å². The van der Waals surface area contributed by atoms with E-state index >= 15 is 0 Å². The van der Waals surface area contributed by atoms with Crippen molar-refractivity contribution in [2.45, 2.75) is 32.7 Å². The molecule has 0 unspecified atom stereocenters. The fourth-order valence-electron chi connectivity index (χ4n) is 1.73. The smallest absolute Gasteiger partial charge is 0.227 e. The Labute approximate surface area is 121 Å². The van der Waals surface area contributed by atoms with Gasteiger partial charge in [0.2, 0.25) is 11.7 Å². The van der Waals surface area contributed by atoms with E-state index in [0.717, 1.165) is 29.4 Å². The standard InChI is InChI=1S/C14H18BrN3O/c1-10(2)16-8-4-7-13-17-14(18-19-13)11-5-3-6-12(15)9-11/h3,5-6,9-10,16H,4,7-8H2,1-2H3. The minimum atomic E-state index is 0.514. The molecule has 5 heteroatoms. The van der Waals surface area contributed by atoms with Gasteiger partial charge in [-0.3, -0.25) is 0 Å². The van der Waals surface area contributed by atoms with E-state index in [2.05, 4.69) is 45.2 Å². The maximum absolute atomic E-state index is 5.26. The maximum Gasteiger partial charge on any atom is 0.227 e. The summed E-state index contributed by atoms with van der Waals surface area (Å²) in [5, 5.41) is 7.38. The Morgan fingerprint density at radius 1 is 1.37 bits per heavy atom. The molecule has 102 valence electrons. The van der Waals surface area contributed by atoms with Gasteiger partial charge in [-0.15, -0.1) is 0 Å². The molecule has 1 heterocycles. The monoisotopic (exact) mass is 323 g/mol. The van der Waals surface area contributed by atoms with Crippen molar-refractivity contribution in [3.8, 4) is 11.4 Å². The summed E-state index contributed by atoms with van der Waals surface area (Å²) < 4.78 is 6.27. The Bertz CT molecular complexity index is 525. The minimum absolute atomic E-state index is 0.514. The topological polar surface area (TPSA) is 51.0 Å². The predicted molar refractivity (Wildman–Crippen MR) is 78.9 cm³/mol. The molecule has 0 bridgehead atoms. The van der Waals surface area contributed by atoms with Gasteiger partial charge in [0.15, 0.2) is 0 Å². The van der Waals surface area contributed by atoms with Gasteiger partial charge < -0.3 is 9.84 Å².